The van der Waals surface area contributed by atoms with Crippen molar-refractivity contribution in [1.29, 1.82) is 0 Å². The lowest BCUT2D eigenvalue weighted by Gasteiger charge is -2.26. The van der Waals surface area contributed by atoms with Crippen molar-refractivity contribution >= 4 is 22.8 Å². The minimum atomic E-state index is -0.972. The van der Waals surface area contributed by atoms with E-state index in [4.69, 9.17) is 4.42 Å². The van der Waals surface area contributed by atoms with E-state index >= 15 is 0 Å². The van der Waals surface area contributed by atoms with Crippen LogP contribution >= 0.6 is 0 Å². The third-order valence-corrected chi connectivity index (χ3v) is 4.09. The van der Waals surface area contributed by atoms with Crippen LogP contribution in [0.15, 0.2) is 28.9 Å². The number of aliphatic carboxylic acids is 1. The molecule has 116 valence electrons. The van der Waals surface area contributed by atoms with Crippen molar-refractivity contribution in [2.45, 2.75) is 31.7 Å². The summed E-state index contributed by atoms with van der Waals surface area (Å²) in [5, 5.41) is 19.4. The number of benzene rings is 1. The second-order valence-corrected chi connectivity index (χ2v) is 5.53. The molecule has 1 amide bonds. The number of phenolic OH excluding ortho intramolecular Hbond substituents is 1. The first kappa shape index (κ1) is 14.4. The number of hydrogen-bond acceptors (Lipinski definition) is 4. The number of aromatic hydroxyl groups is 1. The normalized spacial score (nSPS) is 19.1. The summed E-state index contributed by atoms with van der Waals surface area (Å²) in [6, 6.07) is 3.72. The van der Waals surface area contributed by atoms with E-state index < -0.39 is 12.0 Å². The zero-order chi connectivity index (χ0) is 15.7. The fourth-order valence-electron chi connectivity index (χ4n) is 2.95. The highest BCUT2D eigenvalue weighted by molar-refractivity contribution is 6.07. The predicted octanol–water partition coefficient (Wildman–Crippen LogP) is 2.61. The molecule has 1 saturated heterocycles. The number of carboxylic acids is 1. The standard InChI is InChI=1S/C16H17NO5/c18-10-5-6-11-12(9-22-14(11)8-10)15(19)17-7-3-1-2-4-13(17)16(20)21/h5-6,8-9,13,18H,1-4,7H2,(H,20,21). The maximum absolute atomic E-state index is 12.8. The van der Waals surface area contributed by atoms with E-state index in [9.17, 15) is 19.8 Å². The molecule has 0 aliphatic carbocycles. The summed E-state index contributed by atoms with van der Waals surface area (Å²) in [6.45, 7) is 0.431. The SMILES string of the molecule is O=C(O)C1CCCCCN1C(=O)c1coc2cc(O)ccc12. The van der Waals surface area contributed by atoms with E-state index in [0.717, 1.165) is 19.3 Å². The molecule has 2 N–H and O–H groups in total. The number of carboxylic acid groups (broad SMARTS) is 1. The minimum Gasteiger partial charge on any atom is -0.508 e. The zero-order valence-electron chi connectivity index (χ0n) is 12.0. The van der Waals surface area contributed by atoms with E-state index in [1.807, 2.05) is 0 Å². The highest BCUT2D eigenvalue weighted by Crippen LogP contribution is 2.28. The van der Waals surface area contributed by atoms with Crippen LogP contribution in [0.1, 0.15) is 36.0 Å². The van der Waals surface area contributed by atoms with Crippen molar-refractivity contribution in [2.75, 3.05) is 6.54 Å². The molecule has 1 aromatic heterocycles. The third-order valence-electron chi connectivity index (χ3n) is 4.09. The Kier molecular flexibility index (Phi) is 3.75. The Labute approximate surface area is 126 Å². The van der Waals surface area contributed by atoms with E-state index in [-0.39, 0.29) is 11.7 Å². The molecule has 0 spiro atoms. The molecular formula is C16H17NO5. The van der Waals surface area contributed by atoms with Crippen molar-refractivity contribution in [2.24, 2.45) is 0 Å². The molecule has 1 unspecified atom stereocenters. The zero-order valence-corrected chi connectivity index (χ0v) is 12.0. The Balaban J connectivity index is 1.98. The first-order chi connectivity index (χ1) is 10.6. The van der Waals surface area contributed by atoms with Gasteiger partial charge in [0.25, 0.3) is 5.91 Å². The number of likely N-dealkylation sites (tertiary alicyclic amines) is 1. The smallest absolute Gasteiger partial charge is 0.326 e. The van der Waals surface area contributed by atoms with Gasteiger partial charge in [-0.1, -0.05) is 12.8 Å². The van der Waals surface area contributed by atoms with Crippen LogP contribution in [-0.2, 0) is 4.79 Å². The highest BCUT2D eigenvalue weighted by Gasteiger charge is 2.32. The van der Waals surface area contributed by atoms with Crippen LogP contribution in [-0.4, -0.2) is 39.6 Å². The average molecular weight is 303 g/mol. The summed E-state index contributed by atoms with van der Waals surface area (Å²) in [6.07, 6.45) is 4.33. The van der Waals surface area contributed by atoms with Crippen molar-refractivity contribution in [3.05, 3.63) is 30.0 Å². The Morgan fingerprint density at radius 2 is 2.05 bits per heavy atom. The molecule has 0 bridgehead atoms. The second-order valence-electron chi connectivity index (χ2n) is 5.53. The molecule has 6 nitrogen and oxygen atoms in total. The number of fused-ring (bicyclic) bond motifs is 1. The van der Waals surface area contributed by atoms with E-state index in [0.29, 0.717) is 29.5 Å². The quantitative estimate of drug-likeness (QED) is 0.890. The third kappa shape index (κ3) is 2.52. The van der Waals surface area contributed by atoms with Gasteiger partial charge in [0.15, 0.2) is 0 Å². The summed E-state index contributed by atoms with van der Waals surface area (Å²) in [7, 11) is 0. The Hall–Kier alpha value is -2.50. The second kappa shape index (κ2) is 5.71. The molecule has 0 radical (unpaired) electrons. The number of furan rings is 1. The summed E-state index contributed by atoms with van der Waals surface area (Å²) >= 11 is 0. The number of carbonyl (C=O) groups excluding carboxylic acids is 1. The summed E-state index contributed by atoms with van der Waals surface area (Å²) in [5.74, 6) is -1.25. The maximum Gasteiger partial charge on any atom is 0.326 e. The van der Waals surface area contributed by atoms with Gasteiger partial charge in [0.05, 0.1) is 5.56 Å². The van der Waals surface area contributed by atoms with Crippen molar-refractivity contribution in [3.8, 4) is 5.75 Å². The Morgan fingerprint density at radius 3 is 2.82 bits per heavy atom. The van der Waals surface area contributed by atoms with Crippen molar-refractivity contribution in [3.63, 3.8) is 0 Å². The van der Waals surface area contributed by atoms with Gasteiger partial charge in [-0.15, -0.1) is 0 Å². The average Bonchev–Trinajstić information content (AvgIpc) is 2.74. The Morgan fingerprint density at radius 1 is 1.23 bits per heavy atom. The number of phenols is 1. The molecule has 1 aliphatic heterocycles. The fourth-order valence-corrected chi connectivity index (χ4v) is 2.95. The molecule has 1 atom stereocenters. The molecule has 22 heavy (non-hydrogen) atoms. The van der Waals surface area contributed by atoms with Crippen LogP contribution in [0, 0.1) is 0 Å². The molecule has 0 saturated carbocycles. The van der Waals surface area contributed by atoms with Gasteiger partial charge < -0.3 is 19.5 Å². The summed E-state index contributed by atoms with van der Waals surface area (Å²) in [5.41, 5.74) is 0.744. The van der Waals surface area contributed by atoms with Crippen LogP contribution < -0.4 is 0 Å². The van der Waals surface area contributed by atoms with Gasteiger partial charge >= 0.3 is 5.97 Å². The van der Waals surface area contributed by atoms with Crippen LogP contribution in [0.3, 0.4) is 0 Å². The van der Waals surface area contributed by atoms with Gasteiger partial charge in [-0.25, -0.2) is 4.79 Å². The number of nitrogens with zero attached hydrogens (tertiary/aromatic N) is 1. The molecule has 3 rings (SSSR count). The minimum absolute atomic E-state index is 0.0547. The maximum atomic E-state index is 12.8. The lowest BCUT2D eigenvalue weighted by molar-refractivity contribution is -0.142. The lowest BCUT2D eigenvalue weighted by atomic mass is 10.1. The molecule has 1 aliphatic rings. The predicted molar refractivity (Wildman–Crippen MR) is 78.8 cm³/mol. The van der Waals surface area contributed by atoms with Gasteiger partial charge in [0.2, 0.25) is 0 Å². The molecule has 2 heterocycles. The monoisotopic (exact) mass is 303 g/mol. The van der Waals surface area contributed by atoms with Crippen molar-refractivity contribution < 1.29 is 24.2 Å². The van der Waals surface area contributed by atoms with Crippen LogP contribution in [0.4, 0.5) is 0 Å². The highest BCUT2D eigenvalue weighted by atomic mass is 16.4. The van der Waals surface area contributed by atoms with Crippen molar-refractivity contribution in [1.82, 2.24) is 4.90 Å². The van der Waals surface area contributed by atoms with E-state index in [1.165, 1.54) is 23.3 Å². The largest absolute Gasteiger partial charge is 0.508 e. The van der Waals surface area contributed by atoms with Crippen LogP contribution in [0.5, 0.6) is 5.75 Å². The van der Waals surface area contributed by atoms with Gasteiger partial charge in [0.1, 0.15) is 23.6 Å². The van der Waals surface area contributed by atoms with Crippen LogP contribution in [0.2, 0.25) is 0 Å². The van der Waals surface area contributed by atoms with Gasteiger partial charge in [-0.05, 0) is 25.0 Å². The lowest BCUT2D eigenvalue weighted by Crippen LogP contribution is -2.44. The molecule has 1 fully saturated rings. The number of amides is 1. The molecule has 6 heteroatoms. The van der Waals surface area contributed by atoms with Gasteiger partial charge in [0, 0.05) is 18.0 Å². The molecular weight excluding hydrogens is 286 g/mol. The first-order valence-corrected chi connectivity index (χ1v) is 7.32. The number of carbonyl (C=O) groups is 2. The van der Waals surface area contributed by atoms with Gasteiger partial charge in [-0.3, -0.25) is 4.79 Å². The summed E-state index contributed by atoms with van der Waals surface area (Å²) in [4.78, 5) is 25.6. The number of rotatable bonds is 2. The first-order valence-electron chi connectivity index (χ1n) is 7.32. The molecule has 2 aromatic rings. The summed E-state index contributed by atoms with van der Waals surface area (Å²) < 4.78 is 5.31. The Bertz CT molecular complexity index is 720. The van der Waals surface area contributed by atoms with Crippen LogP contribution in [0.25, 0.3) is 11.0 Å². The topological polar surface area (TPSA) is 91.0 Å². The molecule has 1 aromatic carbocycles. The van der Waals surface area contributed by atoms with E-state index in [1.54, 1.807) is 6.07 Å². The fraction of sp³-hybridized carbons (Fsp3) is 0.375. The van der Waals surface area contributed by atoms with Gasteiger partial charge in [-0.2, -0.15) is 0 Å². The van der Waals surface area contributed by atoms with E-state index in [2.05, 4.69) is 0 Å². The number of hydrogen-bond donors (Lipinski definition) is 2.